The highest BCUT2D eigenvalue weighted by atomic mass is 127. The molecule has 2 aromatic carbocycles. The van der Waals surface area contributed by atoms with E-state index in [1.54, 1.807) is 24.3 Å². The number of benzene rings is 2. The van der Waals surface area contributed by atoms with Crippen molar-refractivity contribution in [3.05, 3.63) is 62.2 Å². The summed E-state index contributed by atoms with van der Waals surface area (Å²) in [4.78, 5) is 12.0. The Hall–Kier alpha value is -1.07. The van der Waals surface area contributed by atoms with Crippen LogP contribution in [-0.4, -0.2) is 5.91 Å². The van der Waals surface area contributed by atoms with Crippen LogP contribution in [-0.2, 0) is 0 Å². The van der Waals surface area contributed by atoms with Crippen LogP contribution in [0.2, 0.25) is 5.02 Å². The molecule has 0 fully saturated rings. The lowest BCUT2D eigenvalue weighted by Crippen LogP contribution is -2.12. The summed E-state index contributed by atoms with van der Waals surface area (Å²) in [5.41, 5.74) is 2.47. The van der Waals surface area contributed by atoms with Crippen molar-refractivity contribution in [2.24, 2.45) is 0 Å². The van der Waals surface area contributed by atoms with Gasteiger partial charge in [0.15, 0.2) is 0 Å². The second-order valence-electron chi connectivity index (χ2n) is 3.92. The number of hydrogen-bond acceptors (Lipinski definition) is 1. The zero-order valence-corrected chi connectivity index (χ0v) is 12.6. The molecule has 0 bridgehead atoms. The molecule has 0 atom stereocenters. The minimum atomic E-state index is -0.128. The molecule has 18 heavy (non-hydrogen) atoms. The van der Waals surface area contributed by atoms with Crippen LogP contribution in [0.25, 0.3) is 0 Å². The van der Waals surface area contributed by atoms with Crippen molar-refractivity contribution in [1.29, 1.82) is 0 Å². The molecule has 0 aliphatic rings. The molecule has 2 rings (SSSR count). The van der Waals surface area contributed by atoms with Gasteiger partial charge in [-0.2, -0.15) is 0 Å². The third kappa shape index (κ3) is 3.23. The number of rotatable bonds is 2. The van der Waals surface area contributed by atoms with Crippen molar-refractivity contribution < 1.29 is 4.79 Å². The Kier molecular flexibility index (Phi) is 4.24. The lowest BCUT2D eigenvalue weighted by Gasteiger charge is -2.09. The monoisotopic (exact) mass is 371 g/mol. The Morgan fingerprint density at radius 3 is 2.50 bits per heavy atom. The van der Waals surface area contributed by atoms with Crippen molar-refractivity contribution in [1.82, 2.24) is 0 Å². The highest BCUT2D eigenvalue weighted by Crippen LogP contribution is 2.19. The predicted octanol–water partition coefficient (Wildman–Crippen LogP) is 4.51. The summed E-state index contributed by atoms with van der Waals surface area (Å²) in [6.07, 6.45) is 0. The van der Waals surface area contributed by atoms with E-state index in [1.807, 2.05) is 25.1 Å². The first-order valence-electron chi connectivity index (χ1n) is 5.39. The highest BCUT2D eigenvalue weighted by Gasteiger charge is 2.07. The number of amides is 1. The van der Waals surface area contributed by atoms with Crippen LogP contribution in [0.15, 0.2) is 42.5 Å². The van der Waals surface area contributed by atoms with E-state index >= 15 is 0 Å². The van der Waals surface area contributed by atoms with E-state index in [0.29, 0.717) is 10.6 Å². The van der Waals surface area contributed by atoms with Crippen LogP contribution >= 0.6 is 34.2 Å². The van der Waals surface area contributed by atoms with Crippen molar-refractivity contribution in [3.63, 3.8) is 0 Å². The average Bonchev–Trinajstić information content (AvgIpc) is 2.34. The zero-order chi connectivity index (χ0) is 13.1. The van der Waals surface area contributed by atoms with Gasteiger partial charge in [0.2, 0.25) is 0 Å². The van der Waals surface area contributed by atoms with Gasteiger partial charge in [-0.3, -0.25) is 4.79 Å². The molecule has 2 aromatic rings. The molecule has 0 saturated carbocycles. The molecule has 1 N–H and O–H groups in total. The van der Waals surface area contributed by atoms with Crippen LogP contribution in [0, 0.1) is 10.5 Å². The maximum absolute atomic E-state index is 12.0. The predicted molar refractivity (Wildman–Crippen MR) is 83.3 cm³/mol. The largest absolute Gasteiger partial charge is 0.322 e. The Labute approximate surface area is 124 Å². The Morgan fingerprint density at radius 2 is 1.83 bits per heavy atom. The third-order valence-electron chi connectivity index (χ3n) is 2.55. The maximum Gasteiger partial charge on any atom is 0.255 e. The number of carbonyl (C=O) groups is 1. The standard InChI is InChI=1S/C14H11ClINO/c1-9-2-7-12(16)8-13(9)17-14(18)10-3-5-11(15)6-4-10/h2-8H,1H3,(H,17,18). The molecule has 0 aliphatic carbocycles. The van der Waals surface area contributed by atoms with Gasteiger partial charge in [0.05, 0.1) is 0 Å². The maximum atomic E-state index is 12.0. The van der Waals surface area contributed by atoms with Gasteiger partial charge >= 0.3 is 0 Å². The van der Waals surface area contributed by atoms with E-state index in [1.165, 1.54) is 0 Å². The second-order valence-corrected chi connectivity index (χ2v) is 5.60. The fraction of sp³-hybridized carbons (Fsp3) is 0.0714. The highest BCUT2D eigenvalue weighted by molar-refractivity contribution is 14.1. The van der Waals surface area contributed by atoms with E-state index in [4.69, 9.17) is 11.6 Å². The van der Waals surface area contributed by atoms with Gasteiger partial charge in [0.25, 0.3) is 5.91 Å². The van der Waals surface area contributed by atoms with Crippen LogP contribution in [0.1, 0.15) is 15.9 Å². The molecular weight excluding hydrogens is 361 g/mol. The lowest BCUT2D eigenvalue weighted by molar-refractivity contribution is 0.102. The Morgan fingerprint density at radius 1 is 1.17 bits per heavy atom. The smallest absolute Gasteiger partial charge is 0.255 e. The number of halogens is 2. The molecule has 2 nitrogen and oxygen atoms in total. The number of nitrogens with one attached hydrogen (secondary N) is 1. The first-order valence-corrected chi connectivity index (χ1v) is 6.85. The Bertz CT molecular complexity index is 581. The van der Waals surface area contributed by atoms with Gasteiger partial charge < -0.3 is 5.32 Å². The summed E-state index contributed by atoms with van der Waals surface area (Å²) in [6.45, 7) is 1.97. The molecule has 92 valence electrons. The van der Waals surface area contributed by atoms with Crippen molar-refractivity contribution in [2.75, 3.05) is 5.32 Å². The summed E-state index contributed by atoms with van der Waals surface area (Å²) >= 11 is 8.01. The number of hydrogen-bond donors (Lipinski definition) is 1. The molecule has 0 unspecified atom stereocenters. The molecule has 0 heterocycles. The van der Waals surface area contributed by atoms with Crippen LogP contribution in [0.5, 0.6) is 0 Å². The molecule has 0 spiro atoms. The van der Waals surface area contributed by atoms with Crippen LogP contribution < -0.4 is 5.32 Å². The third-order valence-corrected chi connectivity index (χ3v) is 3.48. The zero-order valence-electron chi connectivity index (χ0n) is 9.71. The minimum Gasteiger partial charge on any atom is -0.322 e. The van der Waals surface area contributed by atoms with E-state index in [0.717, 1.165) is 14.8 Å². The summed E-state index contributed by atoms with van der Waals surface area (Å²) in [7, 11) is 0. The summed E-state index contributed by atoms with van der Waals surface area (Å²) < 4.78 is 1.09. The van der Waals surface area contributed by atoms with Gasteiger partial charge in [-0.1, -0.05) is 17.7 Å². The number of anilines is 1. The number of aryl methyl sites for hydroxylation is 1. The van der Waals surface area contributed by atoms with E-state index in [2.05, 4.69) is 27.9 Å². The molecule has 0 aliphatic heterocycles. The SMILES string of the molecule is Cc1ccc(I)cc1NC(=O)c1ccc(Cl)cc1. The van der Waals surface area contributed by atoms with Gasteiger partial charge in [0, 0.05) is 19.8 Å². The van der Waals surface area contributed by atoms with Crippen LogP contribution in [0.4, 0.5) is 5.69 Å². The van der Waals surface area contributed by atoms with Crippen molar-refractivity contribution >= 4 is 45.8 Å². The fourth-order valence-electron chi connectivity index (χ4n) is 1.52. The molecule has 0 radical (unpaired) electrons. The van der Waals surface area contributed by atoms with Crippen LogP contribution in [0.3, 0.4) is 0 Å². The average molecular weight is 372 g/mol. The first kappa shape index (κ1) is 13.4. The summed E-state index contributed by atoms with van der Waals surface area (Å²) in [6, 6.07) is 12.8. The summed E-state index contributed by atoms with van der Waals surface area (Å²) in [5.74, 6) is -0.128. The molecular formula is C14H11ClINO. The second kappa shape index (κ2) is 5.71. The molecule has 0 saturated heterocycles. The molecule has 0 aromatic heterocycles. The lowest BCUT2D eigenvalue weighted by atomic mass is 10.1. The number of carbonyl (C=O) groups excluding carboxylic acids is 1. The fourth-order valence-corrected chi connectivity index (χ4v) is 2.14. The van der Waals surface area contributed by atoms with Crippen molar-refractivity contribution in [3.8, 4) is 0 Å². The minimum absolute atomic E-state index is 0.128. The molecule has 4 heteroatoms. The van der Waals surface area contributed by atoms with Gasteiger partial charge in [0.1, 0.15) is 0 Å². The van der Waals surface area contributed by atoms with E-state index in [-0.39, 0.29) is 5.91 Å². The topological polar surface area (TPSA) is 29.1 Å². The van der Waals surface area contributed by atoms with E-state index < -0.39 is 0 Å². The first-order chi connectivity index (χ1) is 8.56. The van der Waals surface area contributed by atoms with Crippen molar-refractivity contribution in [2.45, 2.75) is 6.92 Å². The molecule has 1 amide bonds. The quantitative estimate of drug-likeness (QED) is 0.774. The van der Waals surface area contributed by atoms with Gasteiger partial charge in [-0.15, -0.1) is 0 Å². The van der Waals surface area contributed by atoms with Gasteiger partial charge in [-0.25, -0.2) is 0 Å². The van der Waals surface area contributed by atoms with Gasteiger partial charge in [-0.05, 0) is 71.5 Å². The summed E-state index contributed by atoms with van der Waals surface area (Å²) in [5, 5.41) is 3.52. The normalized spacial score (nSPS) is 10.2. The van der Waals surface area contributed by atoms with E-state index in [9.17, 15) is 4.79 Å². The Balaban J connectivity index is 2.21.